The Kier molecular flexibility index (Phi) is 5.19. The molecule has 0 atom stereocenters. The molecule has 76 valence electrons. The number of carbonyl (C=O) groups is 1. The Labute approximate surface area is 101 Å². The average molecular weight is 286 g/mol. The van der Waals surface area contributed by atoms with Crippen molar-refractivity contribution in [3.8, 4) is 0 Å². The van der Waals surface area contributed by atoms with Gasteiger partial charge < -0.3 is 4.74 Å². The summed E-state index contributed by atoms with van der Waals surface area (Å²) in [5.74, 6) is -0.793. The molecule has 7 heteroatoms. The van der Waals surface area contributed by atoms with E-state index in [-0.39, 0.29) is 0 Å². The second kappa shape index (κ2) is 4.94. The first-order chi connectivity index (χ1) is 5.70. The molecule has 0 fully saturated rings. The molecule has 0 bridgehead atoms. The predicted octanol–water partition coefficient (Wildman–Crippen LogP) is 3.61. The van der Waals surface area contributed by atoms with Crippen molar-refractivity contribution in [1.82, 2.24) is 0 Å². The predicted molar refractivity (Wildman–Crippen MR) is 55.6 cm³/mol. The average Bonchev–Trinajstić information content (AvgIpc) is 1.83. The smallest absolute Gasteiger partial charge is 0.333 e. The zero-order valence-corrected chi connectivity index (χ0v) is 10.1. The zero-order valence-electron chi connectivity index (χ0n) is 6.36. The Balaban J connectivity index is 4.43. The molecule has 0 aromatic rings. The number of hydrogen-bond donors (Lipinski definition) is 0. The van der Waals surface area contributed by atoms with E-state index in [0.717, 1.165) is 6.08 Å². The van der Waals surface area contributed by atoms with Gasteiger partial charge in [-0.2, -0.15) is 0 Å². The molecule has 13 heavy (non-hydrogen) atoms. The molecule has 0 rings (SSSR count). The number of halogens is 5. The van der Waals surface area contributed by atoms with Gasteiger partial charge in [0.1, 0.15) is 0 Å². The zero-order chi connectivity index (χ0) is 10.7. The van der Waals surface area contributed by atoms with Crippen LogP contribution in [0, 0.1) is 0 Å². The van der Waals surface area contributed by atoms with Gasteiger partial charge in [-0.15, -0.1) is 0 Å². The SMILES string of the molecule is C/C=C/C(=O)OC(Cl)(Cl)C(Cl)(Cl)Cl. The minimum Gasteiger partial charge on any atom is -0.421 e. The summed E-state index contributed by atoms with van der Waals surface area (Å²) < 4.78 is 0.148. The first-order valence-corrected chi connectivity index (χ1v) is 4.90. The van der Waals surface area contributed by atoms with Crippen LogP contribution in [0.1, 0.15) is 6.92 Å². The number of carbonyl (C=O) groups excluding carboxylic acids is 1. The third kappa shape index (κ3) is 4.61. The molecular weight excluding hydrogens is 281 g/mol. The highest BCUT2D eigenvalue weighted by Gasteiger charge is 2.49. The molecule has 0 aliphatic rings. The summed E-state index contributed by atoms with van der Waals surface area (Å²) in [5.41, 5.74) is 0. The van der Waals surface area contributed by atoms with E-state index in [1.807, 2.05) is 0 Å². The van der Waals surface area contributed by atoms with Crippen LogP contribution < -0.4 is 0 Å². The molecule has 0 aliphatic heterocycles. The molecule has 0 heterocycles. The monoisotopic (exact) mass is 284 g/mol. The van der Waals surface area contributed by atoms with Gasteiger partial charge in [0.15, 0.2) is 0 Å². The quantitative estimate of drug-likeness (QED) is 0.440. The highest BCUT2D eigenvalue weighted by molar-refractivity contribution is 6.75. The highest BCUT2D eigenvalue weighted by atomic mass is 35.6. The summed E-state index contributed by atoms with van der Waals surface area (Å²) in [6, 6.07) is 0. The van der Waals surface area contributed by atoms with Crippen molar-refractivity contribution in [2.45, 2.75) is 15.2 Å². The lowest BCUT2D eigenvalue weighted by Gasteiger charge is -2.25. The maximum atomic E-state index is 10.9. The molecule has 2 nitrogen and oxygen atoms in total. The summed E-state index contributed by atoms with van der Waals surface area (Å²) in [4.78, 5) is 10.9. The normalized spacial score (nSPS) is 13.4. The van der Waals surface area contributed by atoms with Crippen molar-refractivity contribution in [3.05, 3.63) is 12.2 Å². The van der Waals surface area contributed by atoms with Crippen molar-refractivity contribution in [2.75, 3.05) is 0 Å². The maximum absolute atomic E-state index is 10.9. The van der Waals surface area contributed by atoms with Gasteiger partial charge in [0.25, 0.3) is 3.79 Å². The molecule has 0 amide bonds. The Bertz CT molecular complexity index is 218. The topological polar surface area (TPSA) is 26.3 Å². The van der Waals surface area contributed by atoms with Crippen LogP contribution in [-0.2, 0) is 9.53 Å². The minimum atomic E-state index is -2.20. The van der Waals surface area contributed by atoms with E-state index in [2.05, 4.69) is 4.74 Å². The van der Waals surface area contributed by atoms with Gasteiger partial charge in [-0.05, 0) is 6.92 Å². The number of allylic oxidation sites excluding steroid dienone is 1. The number of rotatable bonds is 2. The van der Waals surface area contributed by atoms with Gasteiger partial charge >= 0.3 is 10.5 Å². The van der Waals surface area contributed by atoms with Gasteiger partial charge in [0.05, 0.1) is 0 Å². The van der Waals surface area contributed by atoms with Crippen molar-refractivity contribution in [1.29, 1.82) is 0 Å². The standard InChI is InChI=1S/C6H5Cl5O2/c1-2-3-4(12)13-6(10,11)5(7,8)9/h2-3H,1H3/b3-2+. The summed E-state index contributed by atoms with van der Waals surface area (Å²) in [6.07, 6.45) is 2.53. The van der Waals surface area contributed by atoms with E-state index >= 15 is 0 Å². The van der Waals surface area contributed by atoms with Crippen molar-refractivity contribution < 1.29 is 9.53 Å². The van der Waals surface area contributed by atoms with Crippen molar-refractivity contribution in [3.63, 3.8) is 0 Å². The second-order valence-electron chi connectivity index (χ2n) is 1.94. The summed E-state index contributed by atoms with van der Waals surface area (Å²) in [5, 5.41) is 0. The van der Waals surface area contributed by atoms with Crippen LogP contribution in [0.4, 0.5) is 0 Å². The molecule has 0 N–H and O–H groups in total. The van der Waals surface area contributed by atoms with E-state index in [1.54, 1.807) is 6.92 Å². The molecule has 0 aliphatic carbocycles. The van der Waals surface area contributed by atoms with E-state index in [1.165, 1.54) is 6.08 Å². The Morgan fingerprint density at radius 1 is 1.23 bits per heavy atom. The third-order valence-corrected chi connectivity index (χ3v) is 2.96. The summed E-state index contributed by atoms with van der Waals surface area (Å²) in [6.45, 7) is 1.61. The van der Waals surface area contributed by atoms with E-state index < -0.39 is 14.3 Å². The number of hydrogen-bond acceptors (Lipinski definition) is 2. The molecule has 0 unspecified atom stereocenters. The fourth-order valence-electron chi connectivity index (χ4n) is 0.354. The van der Waals surface area contributed by atoms with Crippen LogP contribution >= 0.6 is 58.0 Å². The number of esters is 1. The van der Waals surface area contributed by atoms with Crippen molar-refractivity contribution in [2.24, 2.45) is 0 Å². The van der Waals surface area contributed by atoms with Gasteiger partial charge in [-0.25, -0.2) is 4.79 Å². The Hall–Kier alpha value is 0.660. The maximum Gasteiger partial charge on any atom is 0.333 e. The third-order valence-electron chi connectivity index (χ3n) is 0.862. The van der Waals surface area contributed by atoms with Gasteiger partial charge in [0.2, 0.25) is 0 Å². The first-order valence-electron chi connectivity index (χ1n) is 3.01. The van der Waals surface area contributed by atoms with Crippen molar-refractivity contribution >= 4 is 64.0 Å². The van der Waals surface area contributed by atoms with E-state index in [4.69, 9.17) is 58.0 Å². The molecule has 0 saturated heterocycles. The summed E-state index contributed by atoms with van der Waals surface area (Å²) in [7, 11) is 0. The van der Waals surface area contributed by atoms with Crippen LogP contribution in [0.15, 0.2) is 12.2 Å². The highest BCUT2D eigenvalue weighted by Crippen LogP contribution is 2.46. The molecular formula is C6H5Cl5O2. The minimum absolute atomic E-state index is 0.793. The van der Waals surface area contributed by atoms with Crippen LogP contribution in [0.25, 0.3) is 0 Å². The molecule has 0 spiro atoms. The fourth-order valence-corrected chi connectivity index (χ4v) is 0.622. The molecule has 0 aromatic carbocycles. The van der Waals surface area contributed by atoms with Crippen LogP contribution in [0.2, 0.25) is 0 Å². The number of ether oxygens (including phenoxy) is 1. The van der Waals surface area contributed by atoms with Gasteiger partial charge in [0, 0.05) is 6.08 Å². The largest absolute Gasteiger partial charge is 0.421 e. The Morgan fingerprint density at radius 2 is 1.69 bits per heavy atom. The fraction of sp³-hybridized carbons (Fsp3) is 0.500. The second-order valence-corrected chi connectivity index (χ2v) is 5.47. The molecule has 0 aromatic heterocycles. The van der Waals surface area contributed by atoms with E-state index in [0.29, 0.717) is 0 Å². The molecule has 0 radical (unpaired) electrons. The Morgan fingerprint density at radius 3 is 2.00 bits per heavy atom. The lowest BCUT2D eigenvalue weighted by Crippen LogP contribution is -2.35. The summed E-state index contributed by atoms with van der Waals surface area (Å²) >= 11 is 26.9. The lowest BCUT2D eigenvalue weighted by atomic mass is 10.5. The van der Waals surface area contributed by atoms with Crippen LogP contribution in [0.5, 0.6) is 0 Å². The van der Waals surface area contributed by atoms with Gasteiger partial charge in [-0.3, -0.25) is 0 Å². The van der Waals surface area contributed by atoms with E-state index in [9.17, 15) is 4.79 Å². The molecule has 0 saturated carbocycles. The lowest BCUT2D eigenvalue weighted by molar-refractivity contribution is -0.141. The van der Waals surface area contributed by atoms with Gasteiger partial charge in [-0.1, -0.05) is 64.1 Å². The first kappa shape index (κ1) is 13.7. The van der Waals surface area contributed by atoms with Crippen LogP contribution in [-0.4, -0.2) is 14.3 Å². The van der Waals surface area contributed by atoms with Crippen LogP contribution in [0.3, 0.4) is 0 Å². The number of alkyl halides is 5.